The van der Waals surface area contributed by atoms with Gasteiger partial charge in [-0.25, -0.2) is 0 Å². The van der Waals surface area contributed by atoms with Crippen LogP contribution in [0.3, 0.4) is 0 Å². The fraction of sp³-hybridized carbons (Fsp3) is 0.269. The molecule has 1 aromatic heterocycles. The van der Waals surface area contributed by atoms with Crippen LogP contribution in [-0.2, 0) is 14.3 Å². The van der Waals surface area contributed by atoms with Crippen LogP contribution in [-0.4, -0.2) is 24.3 Å². The lowest BCUT2D eigenvalue weighted by Gasteiger charge is -2.19. The molecule has 0 bridgehead atoms. The van der Waals surface area contributed by atoms with E-state index in [1.165, 1.54) is 0 Å². The summed E-state index contributed by atoms with van der Waals surface area (Å²) < 4.78 is 11.1. The van der Waals surface area contributed by atoms with Crippen molar-refractivity contribution >= 4 is 34.7 Å². The molecular weight excluding hydrogens is 438 g/mol. The molecule has 7 heteroatoms. The average Bonchev–Trinajstić information content (AvgIpc) is 3.15. The number of rotatable bonds is 10. The Morgan fingerprint density at radius 1 is 0.970 bits per heavy atom. The molecule has 0 aliphatic carbocycles. The highest BCUT2D eigenvalue weighted by Crippen LogP contribution is 2.27. The van der Waals surface area contributed by atoms with Crippen LogP contribution in [0.4, 0.5) is 5.69 Å². The van der Waals surface area contributed by atoms with Crippen molar-refractivity contribution < 1.29 is 23.9 Å². The summed E-state index contributed by atoms with van der Waals surface area (Å²) in [6, 6.07) is 17.7. The molecule has 0 aliphatic rings. The summed E-state index contributed by atoms with van der Waals surface area (Å²) in [5.41, 5.74) is 1.66. The molecule has 1 heterocycles. The molecular formula is C26H27NO5S. The molecule has 1 amide bonds. The van der Waals surface area contributed by atoms with Gasteiger partial charge in [0.15, 0.2) is 5.78 Å². The Balaban J connectivity index is 1.71. The Morgan fingerprint density at radius 3 is 2.33 bits per heavy atom. The standard InChI is InChI=1S/C26H27NO5S/c1-4-31-23-13-9-8-12-21(23)27-26(30)25(19-10-6-5-7-11-19)32-24(29)15-14-22(28)20-16-17(2)33-18(20)3/h5-13,16,25H,4,14-15H2,1-3H3,(H,27,30). The van der Waals surface area contributed by atoms with Crippen LogP contribution in [0.1, 0.15) is 51.5 Å². The summed E-state index contributed by atoms with van der Waals surface area (Å²) in [4.78, 5) is 40.2. The van der Waals surface area contributed by atoms with Crippen molar-refractivity contribution in [1.29, 1.82) is 0 Å². The van der Waals surface area contributed by atoms with Crippen LogP contribution in [0, 0.1) is 13.8 Å². The van der Waals surface area contributed by atoms with Crippen LogP contribution in [0.2, 0.25) is 0 Å². The first-order valence-corrected chi connectivity index (χ1v) is 11.6. The Bertz CT molecular complexity index is 1120. The van der Waals surface area contributed by atoms with Gasteiger partial charge < -0.3 is 14.8 Å². The van der Waals surface area contributed by atoms with E-state index in [-0.39, 0.29) is 18.6 Å². The summed E-state index contributed by atoms with van der Waals surface area (Å²) in [7, 11) is 0. The van der Waals surface area contributed by atoms with E-state index in [1.807, 2.05) is 39.0 Å². The van der Waals surface area contributed by atoms with E-state index in [9.17, 15) is 14.4 Å². The maximum Gasteiger partial charge on any atom is 0.307 e. The number of para-hydroxylation sites is 2. The second-order valence-electron chi connectivity index (χ2n) is 7.45. The molecule has 1 N–H and O–H groups in total. The molecule has 2 aromatic carbocycles. The molecule has 172 valence electrons. The number of amides is 1. The first kappa shape index (κ1) is 24.2. The third-order valence-corrected chi connectivity index (χ3v) is 5.90. The first-order chi connectivity index (χ1) is 15.9. The average molecular weight is 466 g/mol. The van der Waals surface area contributed by atoms with Crippen molar-refractivity contribution in [1.82, 2.24) is 0 Å². The third-order valence-electron chi connectivity index (χ3n) is 4.93. The first-order valence-electron chi connectivity index (χ1n) is 10.8. The van der Waals surface area contributed by atoms with Gasteiger partial charge in [0.1, 0.15) is 5.75 Å². The van der Waals surface area contributed by atoms with Crippen molar-refractivity contribution in [3.63, 3.8) is 0 Å². The van der Waals surface area contributed by atoms with Gasteiger partial charge in [-0.1, -0.05) is 42.5 Å². The largest absolute Gasteiger partial charge is 0.492 e. The maximum atomic E-state index is 13.1. The van der Waals surface area contributed by atoms with Gasteiger partial charge in [-0.2, -0.15) is 0 Å². The number of carbonyl (C=O) groups excluding carboxylic acids is 3. The van der Waals surface area contributed by atoms with E-state index in [1.54, 1.807) is 53.8 Å². The number of esters is 1. The molecule has 3 aromatic rings. The Morgan fingerprint density at radius 2 is 1.67 bits per heavy atom. The third kappa shape index (κ3) is 6.52. The highest BCUT2D eigenvalue weighted by Gasteiger charge is 2.26. The van der Waals surface area contributed by atoms with E-state index in [0.717, 1.165) is 9.75 Å². The molecule has 3 rings (SSSR count). The molecule has 1 unspecified atom stereocenters. The lowest BCUT2D eigenvalue weighted by molar-refractivity contribution is -0.154. The fourth-order valence-electron chi connectivity index (χ4n) is 3.40. The van der Waals surface area contributed by atoms with E-state index < -0.39 is 18.0 Å². The summed E-state index contributed by atoms with van der Waals surface area (Å²) in [6.07, 6.45) is -1.25. The number of thiophene rings is 1. The van der Waals surface area contributed by atoms with Crippen molar-refractivity contribution in [2.45, 2.75) is 39.7 Å². The van der Waals surface area contributed by atoms with Gasteiger partial charge in [0.2, 0.25) is 6.10 Å². The Hall–Kier alpha value is -3.45. The zero-order valence-electron chi connectivity index (χ0n) is 18.9. The highest BCUT2D eigenvalue weighted by molar-refractivity contribution is 7.12. The van der Waals surface area contributed by atoms with Gasteiger partial charge in [0.05, 0.1) is 18.7 Å². The van der Waals surface area contributed by atoms with E-state index >= 15 is 0 Å². The SMILES string of the molecule is CCOc1ccccc1NC(=O)C(OC(=O)CCC(=O)c1cc(C)sc1C)c1ccccc1. The van der Waals surface area contributed by atoms with E-state index in [0.29, 0.717) is 29.2 Å². The number of carbonyl (C=O) groups is 3. The fourth-order valence-corrected chi connectivity index (χ4v) is 4.34. The van der Waals surface area contributed by atoms with Crippen molar-refractivity contribution in [3.8, 4) is 5.75 Å². The number of Topliss-reactive ketones (excluding diaryl/α,β-unsaturated/α-hetero) is 1. The molecule has 0 fully saturated rings. The lowest BCUT2D eigenvalue weighted by atomic mass is 10.1. The van der Waals surface area contributed by atoms with Gasteiger partial charge in [-0.3, -0.25) is 14.4 Å². The number of benzene rings is 2. The number of nitrogens with one attached hydrogen (secondary N) is 1. The van der Waals surface area contributed by atoms with Crippen molar-refractivity contribution in [2.75, 3.05) is 11.9 Å². The Labute approximate surface area is 197 Å². The Kier molecular flexibility index (Phi) is 8.38. The van der Waals surface area contributed by atoms with Gasteiger partial charge >= 0.3 is 5.97 Å². The van der Waals surface area contributed by atoms with Crippen molar-refractivity contribution in [3.05, 3.63) is 81.5 Å². The maximum absolute atomic E-state index is 13.1. The monoisotopic (exact) mass is 465 g/mol. The minimum Gasteiger partial charge on any atom is -0.492 e. The molecule has 0 saturated heterocycles. The molecule has 0 spiro atoms. The number of aryl methyl sites for hydroxylation is 2. The number of anilines is 1. The minimum absolute atomic E-state index is 0.0200. The smallest absolute Gasteiger partial charge is 0.307 e. The molecule has 0 aliphatic heterocycles. The topological polar surface area (TPSA) is 81.7 Å². The summed E-state index contributed by atoms with van der Waals surface area (Å²) in [5.74, 6) is -0.703. The molecule has 0 radical (unpaired) electrons. The second-order valence-corrected chi connectivity index (χ2v) is 8.91. The zero-order valence-corrected chi connectivity index (χ0v) is 19.7. The lowest BCUT2D eigenvalue weighted by Crippen LogP contribution is -2.26. The van der Waals surface area contributed by atoms with Crippen LogP contribution in [0.5, 0.6) is 5.75 Å². The molecule has 1 atom stereocenters. The number of ketones is 1. The summed E-state index contributed by atoms with van der Waals surface area (Å²) in [5, 5.41) is 2.79. The van der Waals surface area contributed by atoms with E-state index in [4.69, 9.17) is 9.47 Å². The van der Waals surface area contributed by atoms with Gasteiger partial charge in [-0.15, -0.1) is 11.3 Å². The minimum atomic E-state index is -1.16. The van der Waals surface area contributed by atoms with E-state index in [2.05, 4.69) is 5.32 Å². The van der Waals surface area contributed by atoms with Crippen LogP contribution in [0.25, 0.3) is 0 Å². The summed E-state index contributed by atoms with van der Waals surface area (Å²) in [6.45, 7) is 6.13. The number of hydrogen-bond donors (Lipinski definition) is 1. The molecule has 6 nitrogen and oxygen atoms in total. The number of ether oxygens (including phenoxy) is 2. The normalized spacial score (nSPS) is 11.5. The zero-order chi connectivity index (χ0) is 23.8. The predicted octanol–water partition coefficient (Wildman–Crippen LogP) is 5.65. The highest BCUT2D eigenvalue weighted by atomic mass is 32.1. The van der Waals surface area contributed by atoms with Crippen molar-refractivity contribution in [2.24, 2.45) is 0 Å². The van der Waals surface area contributed by atoms with Crippen LogP contribution < -0.4 is 10.1 Å². The van der Waals surface area contributed by atoms with Crippen LogP contribution in [0.15, 0.2) is 60.7 Å². The van der Waals surface area contributed by atoms with Gasteiger partial charge in [0, 0.05) is 27.3 Å². The predicted molar refractivity (Wildman–Crippen MR) is 129 cm³/mol. The van der Waals surface area contributed by atoms with Gasteiger partial charge in [-0.05, 0) is 39.0 Å². The molecule has 0 saturated carbocycles. The number of hydrogen-bond acceptors (Lipinski definition) is 6. The van der Waals surface area contributed by atoms with Gasteiger partial charge in [0.25, 0.3) is 5.91 Å². The molecule has 33 heavy (non-hydrogen) atoms. The summed E-state index contributed by atoms with van der Waals surface area (Å²) >= 11 is 1.55. The second kappa shape index (κ2) is 11.4. The van der Waals surface area contributed by atoms with Crippen LogP contribution >= 0.6 is 11.3 Å². The quantitative estimate of drug-likeness (QED) is 0.309.